The van der Waals surface area contributed by atoms with E-state index in [9.17, 15) is 0 Å². The fourth-order valence-electron chi connectivity index (χ4n) is 0.368. The number of rotatable bonds is 3. The second kappa shape index (κ2) is 6.30. The minimum Gasteiger partial charge on any atom is -0.370 e. The molecule has 0 radical (unpaired) electrons. The molecule has 0 rings (SSSR count). The summed E-state index contributed by atoms with van der Waals surface area (Å²) in [5.74, 6) is 3.46. The van der Waals surface area contributed by atoms with Crippen LogP contribution >= 0.6 is 12.6 Å². The third kappa shape index (κ3) is 5.32. The van der Waals surface area contributed by atoms with Crippen molar-refractivity contribution in [2.45, 2.75) is 0 Å². The second-order valence-electron chi connectivity index (χ2n) is 1.55. The molecular formula is C6H11N3S. The molecule has 56 valence electrons. The third-order valence-electron chi connectivity index (χ3n) is 0.754. The fourth-order valence-corrected chi connectivity index (χ4v) is 0.468. The summed E-state index contributed by atoms with van der Waals surface area (Å²) in [6.45, 7) is 1.04. The Morgan fingerprint density at radius 1 is 1.80 bits per heavy atom. The molecule has 0 saturated heterocycles. The molecule has 4 heteroatoms. The van der Waals surface area contributed by atoms with Gasteiger partial charge in [0.25, 0.3) is 0 Å². The van der Waals surface area contributed by atoms with Crippen molar-refractivity contribution in [2.24, 2.45) is 10.7 Å². The highest BCUT2D eigenvalue weighted by molar-refractivity contribution is 7.80. The van der Waals surface area contributed by atoms with Crippen LogP contribution in [0.4, 0.5) is 0 Å². The van der Waals surface area contributed by atoms with Gasteiger partial charge in [0, 0.05) is 5.75 Å². The van der Waals surface area contributed by atoms with Gasteiger partial charge in [-0.3, -0.25) is 4.99 Å². The highest BCUT2D eigenvalue weighted by atomic mass is 32.1. The van der Waals surface area contributed by atoms with Gasteiger partial charge in [-0.15, -0.1) is 6.42 Å². The summed E-state index contributed by atoms with van der Waals surface area (Å²) in [6.07, 6.45) is 4.97. The highest BCUT2D eigenvalue weighted by Crippen LogP contribution is 1.73. The van der Waals surface area contributed by atoms with Crippen LogP contribution in [-0.2, 0) is 0 Å². The van der Waals surface area contributed by atoms with Gasteiger partial charge in [-0.2, -0.15) is 12.6 Å². The average Bonchev–Trinajstić information content (AvgIpc) is 1.97. The molecule has 10 heavy (non-hydrogen) atoms. The average molecular weight is 157 g/mol. The predicted molar refractivity (Wildman–Crippen MR) is 47.2 cm³/mol. The van der Waals surface area contributed by atoms with Crippen LogP contribution in [-0.4, -0.2) is 24.8 Å². The Morgan fingerprint density at radius 3 is 3.00 bits per heavy atom. The molecule has 0 aromatic carbocycles. The van der Waals surface area contributed by atoms with Crippen molar-refractivity contribution in [3.63, 3.8) is 0 Å². The van der Waals surface area contributed by atoms with Crippen molar-refractivity contribution in [3.05, 3.63) is 0 Å². The van der Waals surface area contributed by atoms with Gasteiger partial charge >= 0.3 is 0 Å². The van der Waals surface area contributed by atoms with Crippen LogP contribution in [0.15, 0.2) is 4.99 Å². The lowest BCUT2D eigenvalue weighted by molar-refractivity contribution is 1.01. The highest BCUT2D eigenvalue weighted by Gasteiger charge is 1.84. The quantitative estimate of drug-likeness (QED) is 0.223. The van der Waals surface area contributed by atoms with Gasteiger partial charge in [-0.25, -0.2) is 0 Å². The third-order valence-corrected chi connectivity index (χ3v) is 0.954. The lowest BCUT2D eigenvalue weighted by Gasteiger charge is -1.98. The van der Waals surface area contributed by atoms with E-state index in [-0.39, 0.29) is 0 Å². The monoisotopic (exact) mass is 157 g/mol. The van der Waals surface area contributed by atoms with E-state index in [2.05, 4.69) is 28.9 Å². The van der Waals surface area contributed by atoms with Crippen LogP contribution < -0.4 is 11.1 Å². The molecule has 0 fully saturated rings. The van der Waals surface area contributed by atoms with E-state index in [1.165, 1.54) is 0 Å². The lowest BCUT2D eigenvalue weighted by atomic mass is 10.6. The zero-order valence-corrected chi connectivity index (χ0v) is 6.56. The Morgan fingerprint density at radius 2 is 2.50 bits per heavy atom. The first-order chi connectivity index (χ1) is 4.81. The van der Waals surface area contributed by atoms with E-state index >= 15 is 0 Å². The van der Waals surface area contributed by atoms with Gasteiger partial charge in [0.1, 0.15) is 0 Å². The van der Waals surface area contributed by atoms with E-state index in [0.717, 1.165) is 0 Å². The van der Waals surface area contributed by atoms with E-state index in [0.29, 0.717) is 24.8 Å². The molecule has 0 unspecified atom stereocenters. The summed E-state index contributed by atoms with van der Waals surface area (Å²) in [5.41, 5.74) is 5.36. The number of aliphatic imine (C=N–C) groups is 1. The summed E-state index contributed by atoms with van der Waals surface area (Å²) in [5, 5.41) is 2.72. The largest absolute Gasteiger partial charge is 0.370 e. The van der Waals surface area contributed by atoms with Gasteiger partial charge in [0.05, 0.1) is 13.1 Å². The van der Waals surface area contributed by atoms with Crippen molar-refractivity contribution in [2.75, 3.05) is 18.8 Å². The van der Waals surface area contributed by atoms with Crippen LogP contribution in [0.3, 0.4) is 0 Å². The van der Waals surface area contributed by atoms with E-state index in [1.54, 1.807) is 0 Å². The van der Waals surface area contributed by atoms with E-state index < -0.39 is 0 Å². The number of guanidine groups is 1. The van der Waals surface area contributed by atoms with Crippen LogP contribution in [0, 0.1) is 12.3 Å². The van der Waals surface area contributed by atoms with Gasteiger partial charge in [-0.05, 0) is 0 Å². The lowest BCUT2D eigenvalue weighted by Crippen LogP contribution is -2.32. The summed E-state index contributed by atoms with van der Waals surface area (Å²) in [7, 11) is 0. The van der Waals surface area contributed by atoms with E-state index in [4.69, 9.17) is 12.2 Å². The molecule has 0 spiro atoms. The smallest absolute Gasteiger partial charge is 0.189 e. The summed E-state index contributed by atoms with van der Waals surface area (Å²) in [4.78, 5) is 3.89. The first kappa shape index (κ1) is 9.18. The SMILES string of the molecule is C#CCNC(N)=NCCS. The van der Waals surface area contributed by atoms with Crippen LogP contribution in [0.25, 0.3) is 0 Å². The second-order valence-corrected chi connectivity index (χ2v) is 2.00. The van der Waals surface area contributed by atoms with Crippen molar-refractivity contribution >= 4 is 18.6 Å². The molecule has 3 N–H and O–H groups in total. The van der Waals surface area contributed by atoms with Crippen LogP contribution in [0.5, 0.6) is 0 Å². The zero-order chi connectivity index (χ0) is 7.82. The van der Waals surface area contributed by atoms with E-state index in [1.807, 2.05) is 0 Å². The summed E-state index contributed by atoms with van der Waals surface area (Å²) < 4.78 is 0. The first-order valence-corrected chi connectivity index (χ1v) is 3.52. The fraction of sp³-hybridized carbons (Fsp3) is 0.500. The molecule has 0 heterocycles. The maximum Gasteiger partial charge on any atom is 0.189 e. The van der Waals surface area contributed by atoms with Crippen molar-refractivity contribution in [1.82, 2.24) is 5.32 Å². The standard InChI is InChI=1S/C6H11N3S/c1-2-3-8-6(7)9-4-5-10/h1,10H,3-5H2,(H3,7,8,9). The van der Waals surface area contributed by atoms with Gasteiger partial charge < -0.3 is 11.1 Å². The number of nitrogens with one attached hydrogen (secondary N) is 1. The summed E-state index contributed by atoms with van der Waals surface area (Å²) >= 11 is 3.96. The zero-order valence-electron chi connectivity index (χ0n) is 5.67. The van der Waals surface area contributed by atoms with Crippen molar-refractivity contribution < 1.29 is 0 Å². The Hall–Kier alpha value is -0.820. The molecule has 0 atom stereocenters. The molecule has 0 aliphatic carbocycles. The summed E-state index contributed by atoms with van der Waals surface area (Å²) in [6, 6.07) is 0. The molecule has 3 nitrogen and oxygen atoms in total. The van der Waals surface area contributed by atoms with Gasteiger partial charge in [-0.1, -0.05) is 5.92 Å². The molecule has 0 bridgehead atoms. The minimum atomic E-state index is 0.381. The first-order valence-electron chi connectivity index (χ1n) is 2.89. The molecule has 0 aliphatic heterocycles. The maximum atomic E-state index is 5.36. The Balaban J connectivity index is 3.41. The van der Waals surface area contributed by atoms with Gasteiger partial charge in [0.15, 0.2) is 5.96 Å². The Kier molecular flexibility index (Phi) is 5.79. The van der Waals surface area contributed by atoms with Crippen molar-refractivity contribution in [1.29, 1.82) is 0 Å². The maximum absolute atomic E-state index is 5.36. The molecule has 0 aliphatic rings. The number of nitrogens with zero attached hydrogens (tertiary/aromatic N) is 1. The number of hydrogen-bond acceptors (Lipinski definition) is 2. The van der Waals surface area contributed by atoms with Crippen LogP contribution in [0.1, 0.15) is 0 Å². The minimum absolute atomic E-state index is 0.381. The molecule has 0 saturated carbocycles. The number of terminal acetylenes is 1. The normalized spacial score (nSPS) is 10.6. The molecule has 0 aromatic rings. The topological polar surface area (TPSA) is 50.4 Å². The van der Waals surface area contributed by atoms with Gasteiger partial charge in [0.2, 0.25) is 0 Å². The number of hydrogen-bond donors (Lipinski definition) is 3. The molecular weight excluding hydrogens is 146 g/mol. The Bertz CT molecular complexity index is 148. The molecule has 0 aromatic heterocycles. The molecule has 0 amide bonds. The van der Waals surface area contributed by atoms with Crippen molar-refractivity contribution in [3.8, 4) is 12.3 Å². The predicted octanol–water partition coefficient (Wildman–Crippen LogP) is -0.546. The van der Waals surface area contributed by atoms with Crippen LogP contribution in [0.2, 0.25) is 0 Å². The number of thiol groups is 1. The number of nitrogens with two attached hydrogens (primary N) is 1. The Labute approximate surface area is 66.5 Å².